The van der Waals surface area contributed by atoms with Crippen LogP contribution in [0.3, 0.4) is 0 Å². The number of carbonyl (C=O) groups excluding carboxylic acids is 1. The summed E-state index contributed by atoms with van der Waals surface area (Å²) in [5, 5.41) is 13.4. The van der Waals surface area contributed by atoms with Crippen LogP contribution < -0.4 is 10.9 Å². The number of rotatable bonds is 7. The lowest BCUT2D eigenvalue weighted by atomic mass is 9.88. The number of aliphatic hydroxyl groups excluding tert-OH is 1. The fourth-order valence-corrected chi connectivity index (χ4v) is 5.98. The molecule has 0 unspecified atom stereocenters. The minimum atomic E-state index is -0.323. The summed E-state index contributed by atoms with van der Waals surface area (Å²) in [5.74, 6) is 0.551. The molecular weight excluding hydrogens is 378 g/mol. The largest absolute Gasteiger partial charge is 0.396 e. The van der Waals surface area contributed by atoms with Crippen LogP contribution in [-0.2, 0) is 11.3 Å². The molecule has 3 heterocycles. The van der Waals surface area contributed by atoms with E-state index in [1.165, 1.54) is 25.7 Å². The lowest BCUT2D eigenvalue weighted by Crippen LogP contribution is -2.49. The highest BCUT2D eigenvalue weighted by atomic mass is 16.3. The second kappa shape index (κ2) is 9.06. The number of aliphatic hydroxyl groups is 1. The third-order valence-electron chi connectivity index (χ3n) is 7.33. The molecule has 0 bridgehead atoms. The summed E-state index contributed by atoms with van der Waals surface area (Å²) in [6, 6.07) is 3.66. The van der Waals surface area contributed by atoms with Crippen LogP contribution in [0.1, 0.15) is 63.3 Å². The molecule has 6 nitrogen and oxygen atoms in total. The van der Waals surface area contributed by atoms with Gasteiger partial charge in [-0.3, -0.25) is 14.5 Å². The normalized spacial score (nSPS) is 28.9. The Kier molecular flexibility index (Phi) is 6.44. The van der Waals surface area contributed by atoms with Gasteiger partial charge in [-0.05, 0) is 44.2 Å². The van der Waals surface area contributed by atoms with Gasteiger partial charge in [0.05, 0.1) is 12.1 Å². The van der Waals surface area contributed by atoms with Crippen LogP contribution in [0.25, 0.3) is 6.08 Å². The Hall–Kier alpha value is -1.92. The first-order valence-corrected chi connectivity index (χ1v) is 11.6. The Labute approximate surface area is 179 Å². The molecule has 0 radical (unpaired) electrons. The standard InChI is InChI=1S/C24H35N3O3/c1-3-7-17-10-11-20-21-18(14-26(20)24(17)30)19(15-28)22(23(29)25-12-4-2)27(21)13-16-8-5-6-9-16/h3,7,10-11,16,18-19,21-22,28H,4-6,8-9,12-15H2,1-2H3,(H,25,29)/b7-3+/t18-,19-,21+,22-/m0/s1. The molecule has 2 N–H and O–H groups in total. The molecule has 164 valence electrons. The number of nitrogens with zero attached hydrogens (tertiary/aromatic N) is 2. The van der Waals surface area contributed by atoms with Crippen LogP contribution in [0.15, 0.2) is 23.0 Å². The summed E-state index contributed by atoms with van der Waals surface area (Å²) in [4.78, 5) is 28.5. The Bertz CT molecular complexity index is 856. The molecule has 0 aromatic carbocycles. The molecule has 4 rings (SSSR count). The van der Waals surface area contributed by atoms with E-state index in [0.29, 0.717) is 24.6 Å². The Morgan fingerprint density at radius 3 is 2.73 bits per heavy atom. The van der Waals surface area contributed by atoms with Crippen molar-refractivity contribution in [3.8, 4) is 0 Å². The van der Waals surface area contributed by atoms with Crippen molar-refractivity contribution in [3.63, 3.8) is 0 Å². The number of nitrogens with one attached hydrogen (secondary N) is 1. The number of amides is 1. The molecular formula is C24H35N3O3. The molecule has 0 spiro atoms. The van der Waals surface area contributed by atoms with Crippen molar-refractivity contribution in [2.75, 3.05) is 19.7 Å². The van der Waals surface area contributed by atoms with Crippen molar-refractivity contribution >= 4 is 12.0 Å². The Morgan fingerprint density at radius 2 is 2.07 bits per heavy atom. The number of carbonyl (C=O) groups is 1. The van der Waals surface area contributed by atoms with Gasteiger partial charge >= 0.3 is 0 Å². The van der Waals surface area contributed by atoms with Crippen molar-refractivity contribution in [1.82, 2.24) is 14.8 Å². The van der Waals surface area contributed by atoms with Gasteiger partial charge in [-0.15, -0.1) is 0 Å². The highest BCUT2D eigenvalue weighted by Crippen LogP contribution is 2.50. The highest BCUT2D eigenvalue weighted by molar-refractivity contribution is 5.82. The summed E-state index contributed by atoms with van der Waals surface area (Å²) >= 11 is 0. The van der Waals surface area contributed by atoms with E-state index >= 15 is 0 Å². The van der Waals surface area contributed by atoms with Crippen molar-refractivity contribution in [2.45, 2.75) is 64.6 Å². The molecule has 1 aromatic heterocycles. The number of aromatic nitrogens is 1. The van der Waals surface area contributed by atoms with Crippen LogP contribution in [0, 0.1) is 17.8 Å². The van der Waals surface area contributed by atoms with Gasteiger partial charge in [0.15, 0.2) is 0 Å². The summed E-state index contributed by atoms with van der Waals surface area (Å²) < 4.78 is 1.88. The molecule has 2 aliphatic heterocycles. The molecule has 1 amide bonds. The van der Waals surface area contributed by atoms with E-state index in [1.807, 2.05) is 29.7 Å². The van der Waals surface area contributed by atoms with E-state index in [1.54, 1.807) is 0 Å². The third-order valence-corrected chi connectivity index (χ3v) is 7.33. The maximum absolute atomic E-state index is 13.2. The summed E-state index contributed by atoms with van der Waals surface area (Å²) in [6.07, 6.45) is 9.55. The van der Waals surface area contributed by atoms with Crippen LogP contribution in [-0.4, -0.2) is 46.2 Å². The maximum Gasteiger partial charge on any atom is 0.258 e. The predicted octanol–water partition coefficient (Wildman–Crippen LogP) is 2.56. The van der Waals surface area contributed by atoms with Crippen LogP contribution in [0.4, 0.5) is 0 Å². The average Bonchev–Trinajstić information content (AvgIpc) is 3.44. The zero-order valence-electron chi connectivity index (χ0n) is 18.2. The van der Waals surface area contributed by atoms with E-state index in [-0.39, 0.29) is 42.0 Å². The second-order valence-corrected chi connectivity index (χ2v) is 9.17. The number of likely N-dealkylation sites (tertiary alicyclic amines) is 1. The van der Waals surface area contributed by atoms with E-state index in [9.17, 15) is 14.7 Å². The third kappa shape index (κ3) is 3.65. The SMILES string of the molecule is C/C=C/c1ccc2n(c1=O)C[C@H]1[C@H](CO)[C@@H](C(=O)NCCC)N(CC3CCCC3)[C@@H]21. The number of pyridine rings is 1. The highest BCUT2D eigenvalue weighted by Gasteiger charge is 2.55. The lowest BCUT2D eigenvalue weighted by Gasteiger charge is -2.32. The van der Waals surface area contributed by atoms with Crippen molar-refractivity contribution in [1.29, 1.82) is 0 Å². The van der Waals surface area contributed by atoms with Gasteiger partial charge in [0.25, 0.3) is 5.56 Å². The monoisotopic (exact) mass is 413 g/mol. The number of hydrogen-bond acceptors (Lipinski definition) is 4. The predicted molar refractivity (Wildman–Crippen MR) is 118 cm³/mol. The van der Waals surface area contributed by atoms with Gasteiger partial charge in [-0.2, -0.15) is 0 Å². The van der Waals surface area contributed by atoms with E-state index in [0.717, 1.165) is 18.7 Å². The summed E-state index contributed by atoms with van der Waals surface area (Å²) in [7, 11) is 0. The molecule has 4 atom stereocenters. The minimum Gasteiger partial charge on any atom is -0.396 e. The quantitative estimate of drug-likeness (QED) is 0.721. The molecule has 1 saturated heterocycles. The average molecular weight is 414 g/mol. The van der Waals surface area contributed by atoms with E-state index in [2.05, 4.69) is 23.2 Å². The molecule has 30 heavy (non-hydrogen) atoms. The van der Waals surface area contributed by atoms with Gasteiger partial charge in [-0.1, -0.05) is 31.9 Å². The van der Waals surface area contributed by atoms with Gasteiger partial charge < -0.3 is 15.0 Å². The number of fused-ring (bicyclic) bond motifs is 3. The van der Waals surface area contributed by atoms with Crippen molar-refractivity contribution in [3.05, 3.63) is 39.8 Å². The van der Waals surface area contributed by atoms with E-state index < -0.39 is 0 Å². The number of hydrogen-bond donors (Lipinski definition) is 2. The number of allylic oxidation sites excluding steroid dienone is 1. The first kappa shape index (κ1) is 21.3. The summed E-state index contributed by atoms with van der Waals surface area (Å²) in [6.45, 7) is 6.03. The van der Waals surface area contributed by atoms with Gasteiger partial charge in [0, 0.05) is 49.3 Å². The first-order valence-electron chi connectivity index (χ1n) is 11.6. The fraction of sp³-hybridized carbons (Fsp3) is 0.667. The smallest absolute Gasteiger partial charge is 0.258 e. The van der Waals surface area contributed by atoms with Crippen LogP contribution in [0.2, 0.25) is 0 Å². The molecule has 6 heteroatoms. The molecule has 1 saturated carbocycles. The topological polar surface area (TPSA) is 74.6 Å². The van der Waals surface area contributed by atoms with Crippen LogP contribution in [0.5, 0.6) is 0 Å². The van der Waals surface area contributed by atoms with E-state index in [4.69, 9.17) is 0 Å². The van der Waals surface area contributed by atoms with Crippen LogP contribution >= 0.6 is 0 Å². The zero-order chi connectivity index (χ0) is 21.3. The maximum atomic E-state index is 13.2. The minimum absolute atomic E-state index is 0.0208. The Morgan fingerprint density at radius 1 is 1.30 bits per heavy atom. The van der Waals surface area contributed by atoms with Crippen molar-refractivity contribution < 1.29 is 9.90 Å². The zero-order valence-corrected chi connectivity index (χ0v) is 18.2. The first-order chi connectivity index (χ1) is 14.6. The lowest BCUT2D eigenvalue weighted by molar-refractivity contribution is -0.128. The Balaban J connectivity index is 1.72. The van der Waals surface area contributed by atoms with Gasteiger partial charge in [0.1, 0.15) is 0 Å². The fourth-order valence-electron chi connectivity index (χ4n) is 5.98. The van der Waals surface area contributed by atoms with Gasteiger partial charge in [-0.25, -0.2) is 0 Å². The second-order valence-electron chi connectivity index (χ2n) is 9.17. The van der Waals surface area contributed by atoms with Gasteiger partial charge in [0.2, 0.25) is 5.91 Å². The molecule has 2 fully saturated rings. The van der Waals surface area contributed by atoms with Crippen molar-refractivity contribution in [2.24, 2.45) is 17.8 Å². The molecule has 1 aliphatic carbocycles. The molecule has 1 aromatic rings. The molecule has 3 aliphatic rings. The summed E-state index contributed by atoms with van der Waals surface area (Å²) in [5.41, 5.74) is 1.73.